The van der Waals surface area contributed by atoms with Crippen molar-refractivity contribution in [2.75, 3.05) is 16.8 Å². The van der Waals surface area contributed by atoms with Crippen LogP contribution >= 0.6 is 0 Å². The van der Waals surface area contributed by atoms with Crippen LogP contribution in [0.15, 0.2) is 29.1 Å². The summed E-state index contributed by atoms with van der Waals surface area (Å²) in [4.78, 5) is 58.7. The number of amides is 2. The van der Waals surface area contributed by atoms with Crippen molar-refractivity contribution in [3.63, 3.8) is 0 Å². The van der Waals surface area contributed by atoms with Crippen molar-refractivity contribution >= 4 is 40.2 Å². The van der Waals surface area contributed by atoms with Crippen LogP contribution in [0.2, 0.25) is 0 Å². The molecular weight excluding hydrogens is 488 g/mol. The summed E-state index contributed by atoms with van der Waals surface area (Å²) in [5, 5.41) is 3.82. The van der Waals surface area contributed by atoms with E-state index in [9.17, 15) is 19.2 Å². The Morgan fingerprint density at radius 3 is 2.74 bits per heavy atom. The number of benzene rings is 1. The van der Waals surface area contributed by atoms with E-state index in [0.29, 0.717) is 40.6 Å². The number of anilines is 2. The number of urea groups is 1. The molecule has 3 aromatic rings. The summed E-state index contributed by atoms with van der Waals surface area (Å²) in [5.74, 6) is -0.962. The number of pyridine rings is 2. The average molecular weight is 517 g/mol. The maximum atomic E-state index is 13.8. The minimum Gasteiger partial charge on any atom is -0.457 e. The first-order valence-electron chi connectivity index (χ1n) is 12.8. The zero-order valence-electron chi connectivity index (χ0n) is 21.7. The first-order valence-corrected chi connectivity index (χ1v) is 12.8. The van der Waals surface area contributed by atoms with Gasteiger partial charge >= 0.3 is 18.0 Å². The van der Waals surface area contributed by atoms with Crippen LogP contribution in [0.4, 0.5) is 16.2 Å². The minimum atomic E-state index is -1.71. The second-order valence-electron chi connectivity index (χ2n) is 10.4. The van der Waals surface area contributed by atoms with Gasteiger partial charge in [0.05, 0.1) is 40.4 Å². The van der Waals surface area contributed by atoms with E-state index >= 15 is 0 Å². The summed E-state index contributed by atoms with van der Waals surface area (Å²) >= 11 is 0. The molecule has 0 radical (unpaired) electrons. The lowest BCUT2D eigenvalue weighted by atomic mass is 9.85. The SMILES string of the molecule is CC[C@@]1(OC(C)=O)C(=O)OCc2c1cc1n(c2=O)Cc2c-1nc1cccc3c1c2N(CCC(C)C)C(=O)N3. The molecule has 0 saturated carbocycles. The van der Waals surface area contributed by atoms with Gasteiger partial charge in [-0.3, -0.25) is 14.5 Å². The first-order chi connectivity index (χ1) is 18.2. The fourth-order valence-electron chi connectivity index (χ4n) is 5.80. The third-order valence-electron chi connectivity index (χ3n) is 7.66. The summed E-state index contributed by atoms with van der Waals surface area (Å²) in [5.41, 5.74) is 2.53. The number of esters is 2. The second-order valence-corrected chi connectivity index (χ2v) is 10.4. The van der Waals surface area contributed by atoms with E-state index in [1.807, 2.05) is 18.2 Å². The molecule has 2 amide bonds. The highest BCUT2D eigenvalue weighted by molar-refractivity contribution is 6.19. The number of nitrogens with zero attached hydrogens (tertiary/aromatic N) is 3. The Bertz CT molecular complexity index is 1620. The van der Waals surface area contributed by atoms with Gasteiger partial charge in [0.2, 0.25) is 5.60 Å². The number of hydrogen-bond acceptors (Lipinski definition) is 7. The lowest BCUT2D eigenvalue weighted by Crippen LogP contribution is -2.47. The Morgan fingerprint density at radius 1 is 1.24 bits per heavy atom. The largest absolute Gasteiger partial charge is 0.457 e. The summed E-state index contributed by atoms with van der Waals surface area (Å²) < 4.78 is 12.5. The van der Waals surface area contributed by atoms with Gasteiger partial charge in [0, 0.05) is 30.0 Å². The summed E-state index contributed by atoms with van der Waals surface area (Å²) in [6.07, 6.45) is 0.910. The number of carbonyl (C=O) groups is 3. The maximum absolute atomic E-state index is 13.8. The molecule has 0 unspecified atom stereocenters. The summed E-state index contributed by atoms with van der Waals surface area (Å²) in [6, 6.07) is 7.07. The molecule has 10 nitrogen and oxygen atoms in total. The lowest BCUT2D eigenvalue weighted by Gasteiger charge is -2.35. The van der Waals surface area contributed by atoms with Crippen LogP contribution in [-0.2, 0) is 37.8 Å². The Balaban J connectivity index is 1.62. The number of rotatable bonds is 5. The van der Waals surface area contributed by atoms with Crippen molar-refractivity contribution in [2.24, 2.45) is 5.92 Å². The van der Waals surface area contributed by atoms with Gasteiger partial charge in [-0.2, -0.15) is 0 Å². The minimum absolute atomic E-state index is 0.108. The first kappa shape index (κ1) is 24.1. The predicted molar refractivity (Wildman–Crippen MR) is 140 cm³/mol. The normalized spacial score (nSPS) is 19.1. The molecule has 1 aromatic carbocycles. The van der Waals surface area contributed by atoms with E-state index in [-0.39, 0.29) is 36.7 Å². The zero-order valence-corrected chi connectivity index (χ0v) is 21.7. The molecular formula is C28H28N4O6. The Hall–Kier alpha value is -4.21. The van der Waals surface area contributed by atoms with Gasteiger partial charge in [0.25, 0.3) is 5.56 Å². The highest BCUT2D eigenvalue weighted by atomic mass is 16.6. The molecule has 0 bridgehead atoms. The Kier molecular flexibility index (Phi) is 5.34. The molecule has 5 heterocycles. The van der Waals surface area contributed by atoms with Gasteiger partial charge in [-0.25, -0.2) is 14.6 Å². The number of carbonyl (C=O) groups excluding carboxylic acids is 3. The molecule has 1 atom stereocenters. The number of aromatic nitrogens is 2. The fourth-order valence-corrected chi connectivity index (χ4v) is 5.80. The molecule has 196 valence electrons. The van der Waals surface area contributed by atoms with Crippen molar-refractivity contribution in [3.8, 4) is 11.4 Å². The van der Waals surface area contributed by atoms with E-state index in [0.717, 1.165) is 23.1 Å². The maximum Gasteiger partial charge on any atom is 0.355 e. The third kappa shape index (κ3) is 3.28. The lowest BCUT2D eigenvalue weighted by molar-refractivity contribution is -0.188. The summed E-state index contributed by atoms with van der Waals surface area (Å²) in [7, 11) is 0. The van der Waals surface area contributed by atoms with Gasteiger partial charge in [0.1, 0.15) is 6.61 Å². The van der Waals surface area contributed by atoms with Gasteiger partial charge in [-0.15, -0.1) is 0 Å². The van der Waals surface area contributed by atoms with Crippen molar-refractivity contribution < 1.29 is 23.9 Å². The molecule has 0 spiro atoms. The topological polar surface area (TPSA) is 120 Å². The Morgan fingerprint density at radius 2 is 2.03 bits per heavy atom. The summed E-state index contributed by atoms with van der Waals surface area (Å²) in [6.45, 7) is 7.67. The van der Waals surface area contributed by atoms with Crippen molar-refractivity contribution in [1.29, 1.82) is 0 Å². The van der Waals surface area contributed by atoms with Crippen molar-refractivity contribution in [1.82, 2.24) is 9.55 Å². The van der Waals surface area contributed by atoms with Crippen LogP contribution in [0.5, 0.6) is 0 Å². The van der Waals surface area contributed by atoms with Crippen LogP contribution in [0, 0.1) is 5.92 Å². The van der Waals surface area contributed by atoms with Gasteiger partial charge in [0.15, 0.2) is 0 Å². The number of hydrogen-bond donors (Lipinski definition) is 1. The van der Waals surface area contributed by atoms with E-state index in [4.69, 9.17) is 14.5 Å². The number of fused-ring (bicyclic) bond motifs is 5. The monoisotopic (exact) mass is 516 g/mol. The van der Waals surface area contributed by atoms with Crippen LogP contribution < -0.4 is 15.8 Å². The molecule has 0 fully saturated rings. The molecule has 0 aliphatic carbocycles. The Labute approximate surface area is 218 Å². The van der Waals surface area contributed by atoms with Gasteiger partial charge in [-0.05, 0) is 37.0 Å². The van der Waals surface area contributed by atoms with Crippen LogP contribution in [0.3, 0.4) is 0 Å². The van der Waals surface area contributed by atoms with Gasteiger partial charge < -0.3 is 19.4 Å². The number of nitrogens with one attached hydrogen (secondary N) is 1. The van der Waals surface area contributed by atoms with E-state index < -0.39 is 17.5 Å². The highest BCUT2D eigenvalue weighted by Gasteiger charge is 2.50. The molecule has 3 aliphatic heterocycles. The molecule has 38 heavy (non-hydrogen) atoms. The van der Waals surface area contributed by atoms with Crippen LogP contribution in [0.25, 0.3) is 22.3 Å². The molecule has 6 rings (SSSR count). The standard InChI is InChI=1S/C28H28N4O6/c1-5-28(38-15(4)33)18-11-21-23-16(12-32(21)25(34)17(18)13-37-26(28)35)24-22-19(29-23)7-6-8-20(22)30-27(36)31(24)10-9-14(2)3/h6-8,11,14H,5,9-10,12-13H2,1-4H3,(H,30,36)/t28-/m0/s1. The number of ether oxygens (including phenoxy) is 2. The fraction of sp³-hybridized carbons (Fsp3) is 0.393. The van der Waals surface area contributed by atoms with Crippen LogP contribution in [-0.4, -0.2) is 34.1 Å². The molecule has 2 aromatic heterocycles. The van der Waals surface area contributed by atoms with Gasteiger partial charge in [-0.1, -0.05) is 26.8 Å². The highest BCUT2D eigenvalue weighted by Crippen LogP contribution is 2.47. The van der Waals surface area contributed by atoms with Crippen LogP contribution in [0.1, 0.15) is 57.2 Å². The van der Waals surface area contributed by atoms with E-state index in [2.05, 4.69) is 19.2 Å². The number of cyclic esters (lactones) is 1. The van der Waals surface area contributed by atoms with Crippen molar-refractivity contribution in [2.45, 2.75) is 59.3 Å². The smallest absolute Gasteiger partial charge is 0.355 e. The molecule has 0 saturated heterocycles. The van der Waals surface area contributed by atoms with E-state index in [1.165, 1.54) is 6.92 Å². The molecule has 1 N–H and O–H groups in total. The third-order valence-corrected chi connectivity index (χ3v) is 7.66. The van der Waals surface area contributed by atoms with E-state index in [1.54, 1.807) is 22.5 Å². The predicted octanol–water partition coefficient (Wildman–Crippen LogP) is 4.05. The quantitative estimate of drug-likeness (QED) is 0.398. The second kappa shape index (κ2) is 8.41. The van der Waals surface area contributed by atoms with Crippen molar-refractivity contribution in [3.05, 3.63) is 51.3 Å². The molecule has 3 aliphatic rings. The average Bonchev–Trinajstić information content (AvgIpc) is 3.24. The zero-order chi connectivity index (χ0) is 26.9. The molecule has 10 heteroatoms.